The van der Waals surface area contributed by atoms with Crippen molar-refractivity contribution in [1.29, 1.82) is 10.5 Å². The molecule has 0 aromatic heterocycles. The second kappa shape index (κ2) is 10.8. The largest absolute Gasteiger partial charge is 0.375 e. The number of rotatable bonds is 9. The number of amides is 1. The van der Waals surface area contributed by atoms with Crippen molar-refractivity contribution in [3.05, 3.63) is 54.6 Å². The summed E-state index contributed by atoms with van der Waals surface area (Å²) < 4.78 is 0. The fourth-order valence-corrected chi connectivity index (χ4v) is 3.27. The van der Waals surface area contributed by atoms with Gasteiger partial charge in [-0.3, -0.25) is 4.79 Å². The lowest BCUT2D eigenvalue weighted by atomic mass is 10.3. The highest BCUT2D eigenvalue weighted by Gasteiger charge is 2.13. The molecule has 2 aromatic rings. The Morgan fingerprint density at radius 1 is 0.962 bits per heavy atom. The van der Waals surface area contributed by atoms with Gasteiger partial charge in [-0.05, 0) is 24.3 Å². The number of nitrogens with zero attached hydrogens (tertiary/aromatic N) is 3. The van der Waals surface area contributed by atoms with Crippen molar-refractivity contribution in [1.82, 2.24) is 4.90 Å². The Morgan fingerprint density at radius 2 is 1.58 bits per heavy atom. The van der Waals surface area contributed by atoms with Gasteiger partial charge in [0.1, 0.15) is 0 Å². The maximum Gasteiger partial charge on any atom is 0.241 e. The van der Waals surface area contributed by atoms with Crippen LogP contribution in [0.4, 0.5) is 5.69 Å². The van der Waals surface area contributed by atoms with Gasteiger partial charge >= 0.3 is 0 Å². The van der Waals surface area contributed by atoms with Gasteiger partial charge in [-0.15, -0.1) is 0 Å². The highest BCUT2D eigenvalue weighted by molar-refractivity contribution is 7.99. The minimum absolute atomic E-state index is 0.116. The summed E-state index contributed by atoms with van der Waals surface area (Å²) in [7, 11) is 0. The zero-order valence-corrected chi connectivity index (χ0v) is 15.2. The van der Waals surface area contributed by atoms with Crippen molar-refractivity contribution in [2.24, 2.45) is 0 Å². The number of hydrogen-bond donors (Lipinski definition) is 1. The Kier molecular flexibility index (Phi) is 8.05. The van der Waals surface area contributed by atoms with E-state index in [1.807, 2.05) is 66.7 Å². The van der Waals surface area contributed by atoms with Crippen LogP contribution in [-0.2, 0) is 4.79 Å². The monoisotopic (exact) mass is 364 g/mol. The maximum absolute atomic E-state index is 12.4. The third-order valence-corrected chi connectivity index (χ3v) is 4.71. The van der Waals surface area contributed by atoms with E-state index in [0.29, 0.717) is 13.1 Å². The van der Waals surface area contributed by atoms with Gasteiger partial charge in [0.05, 0.1) is 31.5 Å². The highest BCUT2D eigenvalue weighted by atomic mass is 32.2. The van der Waals surface area contributed by atoms with Crippen LogP contribution >= 0.6 is 11.8 Å². The Hall–Kier alpha value is -2.96. The van der Waals surface area contributed by atoms with Crippen LogP contribution in [0.25, 0.3) is 0 Å². The van der Waals surface area contributed by atoms with Gasteiger partial charge in [0.25, 0.3) is 0 Å². The summed E-state index contributed by atoms with van der Waals surface area (Å²) in [6.45, 7) is 0.821. The Morgan fingerprint density at radius 3 is 2.23 bits per heavy atom. The van der Waals surface area contributed by atoms with Crippen LogP contribution in [0, 0.1) is 22.7 Å². The molecule has 1 amide bonds. The molecular weight excluding hydrogens is 344 g/mol. The van der Waals surface area contributed by atoms with E-state index in [-0.39, 0.29) is 25.3 Å². The minimum atomic E-state index is -0.116. The first-order valence-corrected chi connectivity index (χ1v) is 9.13. The van der Waals surface area contributed by atoms with E-state index < -0.39 is 0 Å². The molecule has 0 aliphatic rings. The van der Waals surface area contributed by atoms with Gasteiger partial charge < -0.3 is 10.2 Å². The van der Waals surface area contributed by atoms with Crippen LogP contribution < -0.4 is 5.32 Å². The second-order valence-corrected chi connectivity index (χ2v) is 6.58. The normalized spacial score (nSPS) is 9.77. The van der Waals surface area contributed by atoms with Crippen molar-refractivity contribution < 1.29 is 4.79 Å². The predicted molar refractivity (Wildman–Crippen MR) is 103 cm³/mol. The SMILES string of the molecule is N#CCCN(CCC#N)C(=O)CNc1ccccc1Sc1ccccc1. The molecule has 0 aliphatic carbocycles. The zero-order chi connectivity index (χ0) is 18.6. The van der Waals surface area contributed by atoms with Gasteiger partial charge in [0.15, 0.2) is 0 Å². The summed E-state index contributed by atoms with van der Waals surface area (Å²) in [6, 6.07) is 21.9. The third-order valence-electron chi connectivity index (χ3n) is 3.63. The lowest BCUT2D eigenvalue weighted by molar-refractivity contribution is -0.129. The van der Waals surface area contributed by atoms with Gasteiger partial charge in [0.2, 0.25) is 5.91 Å². The van der Waals surface area contributed by atoms with E-state index in [9.17, 15) is 4.79 Å². The van der Waals surface area contributed by atoms with E-state index in [1.54, 1.807) is 16.7 Å². The number of nitrogens with one attached hydrogen (secondary N) is 1. The molecule has 2 aromatic carbocycles. The fraction of sp³-hybridized carbons (Fsp3) is 0.250. The van der Waals surface area contributed by atoms with Crippen LogP contribution in [0.2, 0.25) is 0 Å². The molecule has 0 saturated carbocycles. The molecule has 2 rings (SSSR count). The van der Waals surface area contributed by atoms with Crippen LogP contribution in [0.1, 0.15) is 12.8 Å². The number of benzene rings is 2. The third kappa shape index (κ3) is 6.16. The van der Waals surface area contributed by atoms with Crippen molar-refractivity contribution in [2.75, 3.05) is 25.0 Å². The summed E-state index contributed by atoms with van der Waals surface area (Å²) in [5.74, 6) is -0.116. The molecule has 5 nitrogen and oxygen atoms in total. The number of carbonyl (C=O) groups is 1. The average Bonchev–Trinajstić information content (AvgIpc) is 2.68. The minimum Gasteiger partial charge on any atom is -0.375 e. The Balaban J connectivity index is 2.00. The first-order chi connectivity index (χ1) is 12.7. The second-order valence-electron chi connectivity index (χ2n) is 5.46. The molecule has 132 valence electrons. The molecule has 0 spiro atoms. The molecule has 0 fully saturated rings. The first kappa shape index (κ1) is 19.4. The molecule has 0 radical (unpaired) electrons. The number of hydrogen-bond acceptors (Lipinski definition) is 5. The molecule has 26 heavy (non-hydrogen) atoms. The summed E-state index contributed by atoms with van der Waals surface area (Å²) in [5.41, 5.74) is 0.884. The van der Waals surface area contributed by atoms with Crippen LogP contribution in [-0.4, -0.2) is 30.4 Å². The fourth-order valence-electron chi connectivity index (χ4n) is 2.33. The molecule has 0 aliphatic heterocycles. The number of nitriles is 2. The number of carbonyl (C=O) groups excluding carboxylic acids is 1. The lowest BCUT2D eigenvalue weighted by Gasteiger charge is -2.21. The molecule has 0 heterocycles. The standard InChI is InChI=1S/C20H20N4OS/c21-12-6-14-24(15-7-13-22)20(25)16-23-18-10-4-5-11-19(18)26-17-8-2-1-3-9-17/h1-5,8-11,23H,6-7,14-16H2. The van der Waals surface area contributed by atoms with E-state index in [4.69, 9.17) is 10.5 Å². The number of para-hydroxylation sites is 1. The molecule has 0 unspecified atom stereocenters. The predicted octanol–water partition coefficient (Wildman–Crippen LogP) is 3.91. The van der Waals surface area contributed by atoms with Crippen LogP contribution in [0.5, 0.6) is 0 Å². The molecular formula is C20H20N4OS. The van der Waals surface area contributed by atoms with Gasteiger partial charge in [-0.25, -0.2) is 0 Å². The van der Waals surface area contributed by atoms with E-state index in [2.05, 4.69) is 5.32 Å². The number of anilines is 1. The van der Waals surface area contributed by atoms with Crippen molar-refractivity contribution in [2.45, 2.75) is 22.6 Å². The van der Waals surface area contributed by atoms with Gasteiger partial charge in [-0.1, -0.05) is 42.1 Å². The quantitative estimate of drug-likeness (QED) is 0.730. The summed E-state index contributed by atoms with van der Waals surface area (Å²) in [4.78, 5) is 16.2. The maximum atomic E-state index is 12.4. The summed E-state index contributed by atoms with van der Waals surface area (Å²) >= 11 is 1.63. The molecule has 1 N–H and O–H groups in total. The van der Waals surface area contributed by atoms with E-state index in [1.165, 1.54) is 0 Å². The summed E-state index contributed by atoms with van der Waals surface area (Å²) in [5, 5.41) is 20.7. The molecule has 0 saturated heterocycles. The van der Waals surface area contributed by atoms with Gasteiger partial charge in [0, 0.05) is 28.6 Å². The van der Waals surface area contributed by atoms with Crippen molar-refractivity contribution in [3.8, 4) is 12.1 Å². The van der Waals surface area contributed by atoms with Gasteiger partial charge in [-0.2, -0.15) is 10.5 Å². The topological polar surface area (TPSA) is 79.9 Å². The van der Waals surface area contributed by atoms with E-state index in [0.717, 1.165) is 15.5 Å². The average molecular weight is 364 g/mol. The van der Waals surface area contributed by atoms with Crippen LogP contribution in [0.15, 0.2) is 64.4 Å². The van der Waals surface area contributed by atoms with Crippen LogP contribution in [0.3, 0.4) is 0 Å². The first-order valence-electron chi connectivity index (χ1n) is 8.32. The Labute approximate surface area is 158 Å². The van der Waals surface area contributed by atoms with Crippen molar-refractivity contribution >= 4 is 23.4 Å². The van der Waals surface area contributed by atoms with E-state index >= 15 is 0 Å². The highest BCUT2D eigenvalue weighted by Crippen LogP contribution is 2.33. The smallest absolute Gasteiger partial charge is 0.241 e. The molecule has 0 atom stereocenters. The molecule has 0 bridgehead atoms. The summed E-state index contributed by atoms with van der Waals surface area (Å²) in [6.07, 6.45) is 0.523. The molecule has 6 heteroatoms. The lowest BCUT2D eigenvalue weighted by Crippen LogP contribution is -2.37. The Bertz CT molecular complexity index is 777. The van der Waals surface area contributed by atoms with Crippen molar-refractivity contribution in [3.63, 3.8) is 0 Å². The zero-order valence-electron chi connectivity index (χ0n) is 14.4.